The van der Waals surface area contributed by atoms with Crippen LogP contribution in [0, 0.1) is 24.2 Å². The second-order valence-corrected chi connectivity index (χ2v) is 11.3. The summed E-state index contributed by atoms with van der Waals surface area (Å²) < 4.78 is 0. The van der Waals surface area contributed by atoms with Crippen molar-refractivity contribution in [2.45, 2.75) is 90.1 Å². The summed E-state index contributed by atoms with van der Waals surface area (Å²) >= 11 is 0. The molecule has 0 radical (unpaired) electrons. The summed E-state index contributed by atoms with van der Waals surface area (Å²) in [5.41, 5.74) is 2.21. The zero-order valence-corrected chi connectivity index (χ0v) is 18.6. The molecule has 0 saturated heterocycles. The Bertz CT molecular complexity index is 791. The molecule has 158 valence electrons. The van der Waals surface area contributed by atoms with Crippen LogP contribution in [0.4, 0.5) is 0 Å². The lowest BCUT2D eigenvalue weighted by molar-refractivity contribution is -0.151. The Hall–Kier alpha value is -1.84. The zero-order chi connectivity index (χ0) is 21.0. The molecule has 29 heavy (non-hydrogen) atoms. The maximum atomic E-state index is 13.5. The molecule has 4 aliphatic carbocycles. The molecule has 5 rings (SSSR count). The summed E-state index contributed by atoms with van der Waals surface area (Å²) in [6.07, 6.45) is 6.58. The number of carbonyl (C=O) groups is 2. The molecule has 5 atom stereocenters. The lowest BCUT2D eigenvalue weighted by Gasteiger charge is -2.61. The number of rotatable bonds is 4. The molecule has 2 amide bonds. The van der Waals surface area contributed by atoms with Crippen LogP contribution in [0.3, 0.4) is 0 Å². The zero-order valence-electron chi connectivity index (χ0n) is 18.6. The van der Waals surface area contributed by atoms with Gasteiger partial charge in [0.25, 0.3) is 0 Å². The van der Waals surface area contributed by atoms with E-state index in [1.807, 2.05) is 20.8 Å². The quantitative estimate of drug-likeness (QED) is 0.799. The second kappa shape index (κ2) is 6.85. The van der Waals surface area contributed by atoms with Crippen LogP contribution >= 0.6 is 0 Å². The van der Waals surface area contributed by atoms with Crippen LogP contribution in [0.15, 0.2) is 24.3 Å². The average molecular weight is 397 g/mol. The predicted molar refractivity (Wildman–Crippen MR) is 115 cm³/mol. The number of nitrogens with one attached hydrogen (secondary N) is 2. The van der Waals surface area contributed by atoms with E-state index in [9.17, 15) is 9.59 Å². The van der Waals surface area contributed by atoms with Crippen LogP contribution in [-0.4, -0.2) is 23.4 Å². The predicted octanol–water partition coefficient (Wildman–Crippen LogP) is 4.25. The van der Waals surface area contributed by atoms with Crippen molar-refractivity contribution in [2.75, 3.05) is 0 Å². The molecule has 4 heteroatoms. The fourth-order valence-electron chi connectivity index (χ4n) is 6.67. The van der Waals surface area contributed by atoms with Crippen LogP contribution in [0.1, 0.15) is 77.3 Å². The first-order chi connectivity index (χ1) is 13.5. The minimum Gasteiger partial charge on any atom is -0.350 e. The van der Waals surface area contributed by atoms with Crippen molar-refractivity contribution in [3.05, 3.63) is 35.4 Å². The second-order valence-electron chi connectivity index (χ2n) is 11.3. The molecule has 0 aromatic heterocycles. The van der Waals surface area contributed by atoms with E-state index in [-0.39, 0.29) is 28.2 Å². The molecule has 2 unspecified atom stereocenters. The molecule has 4 saturated carbocycles. The van der Waals surface area contributed by atoms with Gasteiger partial charge < -0.3 is 10.6 Å². The fraction of sp³-hybridized carbons (Fsp3) is 0.680. The Morgan fingerprint density at radius 3 is 2.17 bits per heavy atom. The first-order valence-electron chi connectivity index (χ1n) is 11.2. The maximum absolute atomic E-state index is 13.5. The van der Waals surface area contributed by atoms with Gasteiger partial charge in [-0.2, -0.15) is 0 Å². The molecule has 1 aromatic rings. The van der Waals surface area contributed by atoms with Crippen molar-refractivity contribution in [3.8, 4) is 0 Å². The SMILES string of the molecule is Cc1ccc(C23C[C@@H]4C[C@@H](CC(C(=O)N[C@@H](C)C(=O)NC(C)(C)C)(C4)C2)C3)cc1. The highest BCUT2D eigenvalue weighted by Gasteiger charge is 2.61. The first-order valence-corrected chi connectivity index (χ1v) is 11.2. The third-order valence-corrected chi connectivity index (χ3v) is 7.45. The van der Waals surface area contributed by atoms with Gasteiger partial charge in [0.1, 0.15) is 6.04 Å². The topological polar surface area (TPSA) is 58.2 Å². The standard InChI is InChI=1S/C25H36N2O2/c1-16-6-8-20(9-7-16)24-11-18-10-19(12-24)14-25(13-18,15-24)22(29)26-17(2)21(28)27-23(3,4)5/h6-9,17-19H,10-15H2,1-5H3,(H,26,29)(H,27,28)/t17-,18-,19+,24?,25?/m0/s1. The van der Waals surface area contributed by atoms with Crippen LogP contribution in [0.25, 0.3) is 0 Å². The Morgan fingerprint density at radius 1 is 1.03 bits per heavy atom. The van der Waals surface area contributed by atoms with Gasteiger partial charge in [-0.25, -0.2) is 0 Å². The smallest absolute Gasteiger partial charge is 0.242 e. The monoisotopic (exact) mass is 396 g/mol. The highest BCUT2D eigenvalue weighted by Crippen LogP contribution is 2.65. The molecular weight excluding hydrogens is 360 g/mol. The third-order valence-electron chi connectivity index (χ3n) is 7.45. The summed E-state index contributed by atoms with van der Waals surface area (Å²) in [7, 11) is 0. The van der Waals surface area contributed by atoms with Crippen LogP contribution in [-0.2, 0) is 15.0 Å². The maximum Gasteiger partial charge on any atom is 0.242 e. The van der Waals surface area contributed by atoms with Crippen molar-refractivity contribution in [1.29, 1.82) is 0 Å². The van der Waals surface area contributed by atoms with Crippen molar-refractivity contribution in [1.82, 2.24) is 10.6 Å². The summed E-state index contributed by atoms with van der Waals surface area (Å²) in [5.74, 6) is 1.24. The Kier molecular flexibility index (Phi) is 4.83. The molecule has 4 bridgehead atoms. The first kappa shape index (κ1) is 20.4. The van der Waals surface area contributed by atoms with Gasteiger partial charge in [0, 0.05) is 5.54 Å². The lowest BCUT2D eigenvalue weighted by atomic mass is 9.42. The number of hydrogen-bond donors (Lipinski definition) is 2. The molecule has 1 aromatic carbocycles. The molecule has 2 N–H and O–H groups in total. The molecule has 0 aliphatic heterocycles. The van der Waals surface area contributed by atoms with Gasteiger partial charge in [0.15, 0.2) is 0 Å². The normalized spacial score (nSPS) is 34.0. The van der Waals surface area contributed by atoms with E-state index in [1.54, 1.807) is 6.92 Å². The van der Waals surface area contributed by atoms with Crippen LogP contribution < -0.4 is 10.6 Å². The van der Waals surface area contributed by atoms with E-state index in [0.29, 0.717) is 11.8 Å². The van der Waals surface area contributed by atoms with Gasteiger partial charge >= 0.3 is 0 Å². The molecule has 4 aliphatic rings. The van der Waals surface area contributed by atoms with Gasteiger partial charge in [0.2, 0.25) is 11.8 Å². The van der Waals surface area contributed by atoms with Crippen molar-refractivity contribution in [2.24, 2.45) is 17.3 Å². The van der Waals surface area contributed by atoms with Gasteiger partial charge in [-0.05, 0) is 96.0 Å². The number of hydrogen-bond acceptors (Lipinski definition) is 2. The summed E-state index contributed by atoms with van der Waals surface area (Å²) in [5, 5.41) is 6.07. The largest absolute Gasteiger partial charge is 0.350 e. The van der Waals surface area contributed by atoms with Crippen molar-refractivity contribution >= 4 is 11.8 Å². The minimum atomic E-state index is -0.509. The van der Waals surface area contributed by atoms with Crippen molar-refractivity contribution in [3.63, 3.8) is 0 Å². The minimum absolute atomic E-state index is 0.0969. The van der Waals surface area contributed by atoms with E-state index in [0.717, 1.165) is 19.3 Å². The Balaban J connectivity index is 1.55. The lowest BCUT2D eigenvalue weighted by Crippen LogP contribution is -2.61. The Morgan fingerprint density at radius 2 is 1.62 bits per heavy atom. The molecular formula is C25H36N2O2. The van der Waals surface area contributed by atoms with Gasteiger partial charge in [-0.3, -0.25) is 9.59 Å². The highest BCUT2D eigenvalue weighted by atomic mass is 16.2. The van der Waals surface area contributed by atoms with E-state index >= 15 is 0 Å². The van der Waals surface area contributed by atoms with E-state index < -0.39 is 6.04 Å². The van der Waals surface area contributed by atoms with E-state index in [2.05, 4.69) is 41.8 Å². The summed E-state index contributed by atoms with van der Waals surface area (Å²) in [6, 6.07) is 8.48. The fourth-order valence-corrected chi connectivity index (χ4v) is 6.67. The van der Waals surface area contributed by atoms with Gasteiger partial charge in [0.05, 0.1) is 5.41 Å². The number of benzene rings is 1. The summed E-state index contributed by atoms with van der Waals surface area (Å²) in [6.45, 7) is 9.81. The van der Waals surface area contributed by atoms with Gasteiger partial charge in [-0.1, -0.05) is 29.8 Å². The van der Waals surface area contributed by atoms with Crippen LogP contribution in [0.2, 0.25) is 0 Å². The summed E-state index contributed by atoms with van der Waals surface area (Å²) in [4.78, 5) is 26.0. The molecule has 4 nitrogen and oxygen atoms in total. The highest BCUT2D eigenvalue weighted by molar-refractivity contribution is 5.90. The van der Waals surface area contributed by atoms with E-state index in [1.165, 1.54) is 30.4 Å². The van der Waals surface area contributed by atoms with E-state index in [4.69, 9.17) is 0 Å². The third kappa shape index (κ3) is 3.83. The number of amides is 2. The number of carbonyl (C=O) groups excluding carboxylic acids is 2. The number of aryl methyl sites for hydroxylation is 1. The van der Waals surface area contributed by atoms with Crippen LogP contribution in [0.5, 0.6) is 0 Å². The van der Waals surface area contributed by atoms with Gasteiger partial charge in [-0.15, -0.1) is 0 Å². The van der Waals surface area contributed by atoms with Crippen molar-refractivity contribution < 1.29 is 9.59 Å². The molecule has 0 heterocycles. The molecule has 0 spiro atoms. The molecule has 4 fully saturated rings. The Labute approximate surface area is 175 Å². The average Bonchev–Trinajstić information content (AvgIpc) is 2.59.